The highest BCUT2D eigenvalue weighted by molar-refractivity contribution is 7.90. The molecule has 2 aromatic rings. The summed E-state index contributed by atoms with van der Waals surface area (Å²) in [5.74, 6) is -1.49. The van der Waals surface area contributed by atoms with Crippen molar-refractivity contribution in [2.75, 3.05) is 11.6 Å². The minimum Gasteiger partial charge on any atom is -0.481 e. The number of carboxylic acids is 1. The van der Waals surface area contributed by atoms with Gasteiger partial charge in [-0.25, -0.2) is 13.4 Å². The molecular weight excluding hydrogens is 316 g/mol. The smallest absolute Gasteiger partial charge is 0.303 e. The highest BCUT2D eigenvalue weighted by atomic mass is 32.2. The number of carboxylic acid groups (broad SMARTS) is 1. The van der Waals surface area contributed by atoms with Crippen molar-refractivity contribution in [3.63, 3.8) is 0 Å². The number of rotatable bonds is 5. The van der Waals surface area contributed by atoms with E-state index in [1.807, 2.05) is 0 Å². The molecule has 2 N–H and O–H groups in total. The van der Waals surface area contributed by atoms with Gasteiger partial charge in [-0.3, -0.25) is 9.59 Å². The summed E-state index contributed by atoms with van der Waals surface area (Å²) in [5, 5.41) is 11.3. The summed E-state index contributed by atoms with van der Waals surface area (Å²) in [6.45, 7) is 0. The first-order chi connectivity index (χ1) is 9.75. The van der Waals surface area contributed by atoms with Gasteiger partial charge in [0.15, 0.2) is 15.0 Å². The third kappa shape index (κ3) is 3.99. The first kappa shape index (κ1) is 15.4. The van der Waals surface area contributed by atoms with Crippen molar-refractivity contribution in [2.45, 2.75) is 17.7 Å². The van der Waals surface area contributed by atoms with E-state index < -0.39 is 21.7 Å². The molecule has 9 heteroatoms. The molecule has 21 heavy (non-hydrogen) atoms. The van der Waals surface area contributed by atoms with Gasteiger partial charge in [0.05, 0.1) is 21.5 Å². The molecule has 0 unspecified atom stereocenters. The molecule has 2 rings (SSSR count). The average Bonchev–Trinajstić information content (AvgIpc) is 2.76. The van der Waals surface area contributed by atoms with E-state index in [4.69, 9.17) is 5.11 Å². The lowest BCUT2D eigenvalue weighted by Crippen LogP contribution is -2.12. The molecule has 0 atom stereocenters. The largest absolute Gasteiger partial charge is 0.481 e. The number of nitrogens with zero attached hydrogens (tertiary/aromatic N) is 1. The molecule has 112 valence electrons. The molecule has 0 aliphatic heterocycles. The highest BCUT2D eigenvalue weighted by Crippen LogP contribution is 2.28. The molecule has 1 heterocycles. The first-order valence-electron chi connectivity index (χ1n) is 5.88. The third-order valence-electron chi connectivity index (χ3n) is 2.60. The van der Waals surface area contributed by atoms with Crippen molar-refractivity contribution < 1.29 is 23.1 Å². The Balaban J connectivity index is 2.19. The van der Waals surface area contributed by atoms with Gasteiger partial charge in [-0.1, -0.05) is 11.3 Å². The van der Waals surface area contributed by atoms with Crippen LogP contribution in [0.5, 0.6) is 0 Å². The van der Waals surface area contributed by atoms with Gasteiger partial charge in [0.2, 0.25) is 5.91 Å². The van der Waals surface area contributed by atoms with E-state index in [2.05, 4.69) is 10.3 Å². The topological polar surface area (TPSA) is 113 Å². The molecule has 0 radical (unpaired) electrons. The number of nitrogens with one attached hydrogen (secondary N) is 1. The van der Waals surface area contributed by atoms with E-state index in [1.54, 1.807) is 6.07 Å². The number of benzene rings is 1. The summed E-state index contributed by atoms with van der Waals surface area (Å²) in [6.07, 6.45) is 0.721. The number of carbonyl (C=O) groups is 2. The summed E-state index contributed by atoms with van der Waals surface area (Å²) >= 11 is 1.14. The predicted octanol–water partition coefficient (Wildman–Crippen LogP) is 1.50. The van der Waals surface area contributed by atoms with Crippen molar-refractivity contribution in [3.8, 4) is 0 Å². The second-order valence-corrected chi connectivity index (χ2v) is 7.41. The van der Waals surface area contributed by atoms with Crippen LogP contribution in [-0.4, -0.2) is 36.6 Å². The minimum atomic E-state index is -3.30. The molecule has 0 saturated carbocycles. The fourth-order valence-corrected chi connectivity index (χ4v) is 3.23. The molecule has 0 saturated heterocycles. The van der Waals surface area contributed by atoms with Gasteiger partial charge in [0, 0.05) is 12.7 Å². The van der Waals surface area contributed by atoms with Gasteiger partial charge in [-0.15, -0.1) is 0 Å². The van der Waals surface area contributed by atoms with E-state index in [-0.39, 0.29) is 17.7 Å². The summed E-state index contributed by atoms with van der Waals surface area (Å²) in [4.78, 5) is 26.2. The maximum atomic E-state index is 11.5. The molecule has 0 bridgehead atoms. The van der Waals surface area contributed by atoms with Crippen molar-refractivity contribution in [1.29, 1.82) is 0 Å². The second kappa shape index (κ2) is 5.78. The number of sulfone groups is 1. The Labute approximate surface area is 124 Å². The number of aliphatic carboxylic acids is 1. The maximum absolute atomic E-state index is 11.5. The normalized spacial score (nSPS) is 11.5. The Morgan fingerprint density at radius 3 is 2.67 bits per heavy atom. The van der Waals surface area contributed by atoms with E-state index in [9.17, 15) is 18.0 Å². The molecule has 0 fully saturated rings. The zero-order chi connectivity index (χ0) is 15.6. The lowest BCUT2D eigenvalue weighted by atomic mass is 10.3. The van der Waals surface area contributed by atoms with Crippen LogP contribution in [0.25, 0.3) is 10.2 Å². The molecule has 1 amide bonds. The van der Waals surface area contributed by atoms with Gasteiger partial charge in [0.25, 0.3) is 0 Å². The van der Waals surface area contributed by atoms with E-state index in [1.165, 1.54) is 12.1 Å². The molecular formula is C12H12N2O5S2. The van der Waals surface area contributed by atoms with Crippen LogP contribution in [0.4, 0.5) is 5.13 Å². The molecule has 1 aromatic heterocycles. The number of hydrogen-bond acceptors (Lipinski definition) is 6. The number of amides is 1. The van der Waals surface area contributed by atoms with Crippen LogP contribution in [0.15, 0.2) is 23.1 Å². The lowest BCUT2D eigenvalue weighted by Gasteiger charge is -1.98. The summed E-state index contributed by atoms with van der Waals surface area (Å²) in [6, 6.07) is 4.51. The van der Waals surface area contributed by atoms with Gasteiger partial charge < -0.3 is 10.4 Å². The van der Waals surface area contributed by atoms with Crippen LogP contribution in [0, 0.1) is 0 Å². The molecule has 7 nitrogen and oxygen atoms in total. The van der Waals surface area contributed by atoms with Crippen molar-refractivity contribution >= 4 is 48.4 Å². The highest BCUT2D eigenvalue weighted by Gasteiger charge is 2.12. The van der Waals surface area contributed by atoms with Gasteiger partial charge in [-0.05, 0) is 18.2 Å². The Morgan fingerprint density at radius 2 is 2.05 bits per heavy atom. The predicted molar refractivity (Wildman–Crippen MR) is 78.2 cm³/mol. The fraction of sp³-hybridized carbons (Fsp3) is 0.250. The van der Waals surface area contributed by atoms with Gasteiger partial charge >= 0.3 is 5.97 Å². The average molecular weight is 328 g/mol. The van der Waals surface area contributed by atoms with Crippen LogP contribution in [0.3, 0.4) is 0 Å². The van der Waals surface area contributed by atoms with Crippen LogP contribution in [0.1, 0.15) is 12.8 Å². The first-order valence-corrected chi connectivity index (χ1v) is 8.59. The van der Waals surface area contributed by atoms with Crippen molar-refractivity contribution in [3.05, 3.63) is 18.2 Å². The van der Waals surface area contributed by atoms with Crippen LogP contribution in [-0.2, 0) is 19.4 Å². The molecule has 1 aromatic carbocycles. The summed E-state index contributed by atoms with van der Waals surface area (Å²) < 4.78 is 23.6. The Bertz CT molecular complexity index is 810. The number of anilines is 1. The molecule has 0 aliphatic rings. The monoisotopic (exact) mass is 328 g/mol. The fourth-order valence-electron chi connectivity index (χ4n) is 1.59. The van der Waals surface area contributed by atoms with Crippen LogP contribution >= 0.6 is 11.3 Å². The van der Waals surface area contributed by atoms with Crippen molar-refractivity contribution in [1.82, 2.24) is 4.98 Å². The summed E-state index contributed by atoms with van der Waals surface area (Å²) in [5.41, 5.74) is 0.570. The number of fused-ring (bicyclic) bond motifs is 1. The van der Waals surface area contributed by atoms with Crippen molar-refractivity contribution in [2.24, 2.45) is 0 Å². The second-order valence-electron chi connectivity index (χ2n) is 4.36. The van der Waals surface area contributed by atoms with Crippen LogP contribution < -0.4 is 5.32 Å². The van der Waals surface area contributed by atoms with E-state index in [0.29, 0.717) is 15.3 Å². The van der Waals surface area contributed by atoms with E-state index >= 15 is 0 Å². The standard InChI is InChI=1S/C12H12N2O5S2/c1-21(18,19)7-2-3-8-9(6-7)20-12(13-8)14-10(15)4-5-11(16)17/h2-3,6H,4-5H2,1H3,(H,16,17)(H,13,14,15). The lowest BCUT2D eigenvalue weighted by molar-refractivity contribution is -0.138. The Hall–Kier alpha value is -2.00. The summed E-state index contributed by atoms with van der Waals surface area (Å²) in [7, 11) is -3.30. The molecule has 0 aliphatic carbocycles. The number of aromatic nitrogens is 1. The minimum absolute atomic E-state index is 0.139. The SMILES string of the molecule is CS(=O)(=O)c1ccc2nc(NC(=O)CCC(=O)O)sc2c1. The van der Waals surface area contributed by atoms with Crippen LogP contribution in [0.2, 0.25) is 0 Å². The Morgan fingerprint density at radius 1 is 1.33 bits per heavy atom. The maximum Gasteiger partial charge on any atom is 0.303 e. The number of carbonyl (C=O) groups excluding carboxylic acids is 1. The zero-order valence-corrected chi connectivity index (χ0v) is 12.6. The third-order valence-corrected chi connectivity index (χ3v) is 4.64. The number of hydrogen-bond donors (Lipinski definition) is 2. The van der Waals surface area contributed by atoms with E-state index in [0.717, 1.165) is 17.6 Å². The van der Waals surface area contributed by atoms with Gasteiger partial charge in [0.1, 0.15) is 0 Å². The number of thiazole rings is 1. The Kier molecular flexibility index (Phi) is 4.24. The zero-order valence-electron chi connectivity index (χ0n) is 11.0. The van der Waals surface area contributed by atoms with Gasteiger partial charge in [-0.2, -0.15) is 0 Å². The molecule has 0 spiro atoms. The quantitative estimate of drug-likeness (QED) is 0.860.